The highest BCUT2D eigenvalue weighted by molar-refractivity contribution is 5.78. The van der Waals surface area contributed by atoms with Crippen molar-refractivity contribution in [3.63, 3.8) is 0 Å². The van der Waals surface area contributed by atoms with E-state index in [0.29, 0.717) is 5.89 Å². The van der Waals surface area contributed by atoms with Gasteiger partial charge in [-0.3, -0.25) is 4.79 Å². The molecule has 0 N–H and O–H groups in total. The van der Waals surface area contributed by atoms with E-state index in [4.69, 9.17) is 4.42 Å². The second-order valence-electron chi connectivity index (χ2n) is 2.95. The number of oxazole rings is 1. The summed E-state index contributed by atoms with van der Waals surface area (Å²) in [6.45, 7) is 1.52. The van der Waals surface area contributed by atoms with Crippen molar-refractivity contribution in [3.8, 4) is 0 Å². The number of hydrogen-bond donors (Lipinski definition) is 0. The number of fused-ring (bicyclic) bond motifs is 1. The predicted octanol–water partition coefficient (Wildman–Crippen LogP) is 1.96. The van der Waals surface area contributed by atoms with E-state index < -0.39 is 0 Å². The number of rotatable bonds is 2. The minimum atomic E-state index is 0.0616. The van der Waals surface area contributed by atoms with E-state index in [2.05, 4.69) is 4.98 Å². The Morgan fingerprint density at radius 3 is 2.92 bits per heavy atom. The van der Waals surface area contributed by atoms with Crippen LogP contribution in [0.2, 0.25) is 0 Å². The fourth-order valence-corrected chi connectivity index (χ4v) is 1.21. The van der Waals surface area contributed by atoms with Crippen LogP contribution in [-0.2, 0) is 11.2 Å². The maximum absolute atomic E-state index is 10.8. The molecule has 0 fully saturated rings. The van der Waals surface area contributed by atoms with Gasteiger partial charge in [-0.2, -0.15) is 0 Å². The van der Waals surface area contributed by atoms with Gasteiger partial charge in [-0.1, -0.05) is 12.1 Å². The molecule has 1 aromatic carbocycles. The number of aromatic nitrogens is 1. The standard InChI is InChI=1S/C10H9NO2/c1-7(12)6-10-11-8-4-2-3-5-9(8)13-10/h2-5H,6H2,1H3. The van der Waals surface area contributed by atoms with Crippen LogP contribution in [0.4, 0.5) is 0 Å². The van der Waals surface area contributed by atoms with Crippen molar-refractivity contribution in [2.75, 3.05) is 0 Å². The van der Waals surface area contributed by atoms with Crippen LogP contribution in [-0.4, -0.2) is 10.8 Å². The van der Waals surface area contributed by atoms with Gasteiger partial charge in [-0.05, 0) is 19.1 Å². The summed E-state index contributed by atoms with van der Waals surface area (Å²) < 4.78 is 5.35. The van der Waals surface area contributed by atoms with E-state index in [0.717, 1.165) is 11.1 Å². The van der Waals surface area contributed by atoms with Crippen molar-refractivity contribution in [3.05, 3.63) is 30.2 Å². The van der Waals surface area contributed by atoms with Gasteiger partial charge in [0.1, 0.15) is 11.3 Å². The summed E-state index contributed by atoms with van der Waals surface area (Å²) >= 11 is 0. The molecule has 13 heavy (non-hydrogen) atoms. The molecule has 1 heterocycles. The number of Topliss-reactive ketones (excluding diaryl/α,β-unsaturated/α-hetero) is 1. The van der Waals surface area contributed by atoms with Crippen LogP contribution < -0.4 is 0 Å². The van der Waals surface area contributed by atoms with Crippen LogP contribution in [0.25, 0.3) is 11.1 Å². The number of para-hydroxylation sites is 2. The van der Waals surface area contributed by atoms with Crippen molar-refractivity contribution >= 4 is 16.9 Å². The van der Waals surface area contributed by atoms with E-state index in [1.807, 2.05) is 24.3 Å². The Balaban J connectivity index is 2.44. The van der Waals surface area contributed by atoms with Gasteiger partial charge in [0, 0.05) is 0 Å². The van der Waals surface area contributed by atoms with Crippen molar-refractivity contribution in [2.24, 2.45) is 0 Å². The zero-order valence-corrected chi connectivity index (χ0v) is 7.28. The average Bonchev–Trinajstić information content (AvgIpc) is 2.44. The largest absolute Gasteiger partial charge is 0.440 e. The third kappa shape index (κ3) is 1.59. The molecular weight excluding hydrogens is 166 g/mol. The number of benzene rings is 1. The summed E-state index contributed by atoms with van der Waals surface area (Å²) in [4.78, 5) is 15.0. The lowest BCUT2D eigenvalue weighted by atomic mass is 10.3. The lowest BCUT2D eigenvalue weighted by Crippen LogP contribution is -1.95. The van der Waals surface area contributed by atoms with Crippen molar-refractivity contribution < 1.29 is 9.21 Å². The first kappa shape index (κ1) is 7.98. The zero-order valence-electron chi connectivity index (χ0n) is 7.28. The van der Waals surface area contributed by atoms with E-state index in [1.165, 1.54) is 6.92 Å². The Labute approximate surface area is 75.4 Å². The van der Waals surface area contributed by atoms with Crippen molar-refractivity contribution in [2.45, 2.75) is 13.3 Å². The van der Waals surface area contributed by atoms with Crippen LogP contribution in [0, 0.1) is 0 Å². The molecule has 2 aromatic rings. The minimum Gasteiger partial charge on any atom is -0.440 e. The Bertz CT molecular complexity index is 412. The second kappa shape index (κ2) is 3.01. The molecule has 0 saturated heterocycles. The first-order chi connectivity index (χ1) is 6.25. The first-order valence-corrected chi connectivity index (χ1v) is 4.09. The summed E-state index contributed by atoms with van der Waals surface area (Å²) in [6, 6.07) is 7.47. The fraction of sp³-hybridized carbons (Fsp3) is 0.200. The fourth-order valence-electron chi connectivity index (χ4n) is 1.21. The van der Waals surface area contributed by atoms with Gasteiger partial charge in [0.25, 0.3) is 0 Å². The molecule has 0 unspecified atom stereocenters. The number of hydrogen-bond acceptors (Lipinski definition) is 3. The Morgan fingerprint density at radius 2 is 2.23 bits per heavy atom. The summed E-state index contributed by atoms with van der Waals surface area (Å²) in [6.07, 6.45) is 0.272. The van der Waals surface area contributed by atoms with Gasteiger partial charge in [0.05, 0.1) is 6.42 Å². The molecule has 0 aliphatic heterocycles. The SMILES string of the molecule is CC(=O)Cc1nc2ccccc2o1. The molecule has 0 aliphatic rings. The molecule has 0 aliphatic carbocycles. The topological polar surface area (TPSA) is 43.1 Å². The molecule has 0 spiro atoms. The van der Waals surface area contributed by atoms with E-state index >= 15 is 0 Å². The van der Waals surface area contributed by atoms with Gasteiger partial charge in [0.2, 0.25) is 5.89 Å². The number of carbonyl (C=O) groups excluding carboxylic acids is 1. The maximum Gasteiger partial charge on any atom is 0.202 e. The smallest absolute Gasteiger partial charge is 0.202 e. The molecular formula is C10H9NO2. The van der Waals surface area contributed by atoms with E-state index in [-0.39, 0.29) is 12.2 Å². The molecule has 0 saturated carbocycles. The molecule has 3 nitrogen and oxygen atoms in total. The van der Waals surface area contributed by atoms with Gasteiger partial charge in [0.15, 0.2) is 5.58 Å². The van der Waals surface area contributed by atoms with Crippen LogP contribution in [0.3, 0.4) is 0 Å². The van der Waals surface area contributed by atoms with Crippen molar-refractivity contribution in [1.29, 1.82) is 0 Å². The first-order valence-electron chi connectivity index (χ1n) is 4.09. The second-order valence-corrected chi connectivity index (χ2v) is 2.95. The third-order valence-corrected chi connectivity index (χ3v) is 1.74. The van der Waals surface area contributed by atoms with Crippen molar-refractivity contribution in [1.82, 2.24) is 4.98 Å². The summed E-state index contributed by atoms with van der Waals surface area (Å²) in [7, 11) is 0. The monoisotopic (exact) mass is 175 g/mol. The highest BCUT2D eigenvalue weighted by atomic mass is 16.3. The molecule has 0 radical (unpaired) electrons. The molecule has 66 valence electrons. The predicted molar refractivity (Wildman–Crippen MR) is 48.4 cm³/mol. The molecule has 0 bridgehead atoms. The van der Waals surface area contributed by atoms with Crippen LogP contribution in [0.5, 0.6) is 0 Å². The number of nitrogens with zero attached hydrogens (tertiary/aromatic N) is 1. The average molecular weight is 175 g/mol. The summed E-state index contributed by atoms with van der Waals surface area (Å²) in [5.74, 6) is 0.556. The Hall–Kier alpha value is -1.64. The highest BCUT2D eigenvalue weighted by Crippen LogP contribution is 2.14. The van der Waals surface area contributed by atoms with Gasteiger partial charge < -0.3 is 4.42 Å². The van der Waals surface area contributed by atoms with Gasteiger partial charge in [-0.25, -0.2) is 4.98 Å². The highest BCUT2D eigenvalue weighted by Gasteiger charge is 2.06. The Morgan fingerprint density at radius 1 is 1.46 bits per heavy atom. The van der Waals surface area contributed by atoms with E-state index in [1.54, 1.807) is 0 Å². The van der Waals surface area contributed by atoms with E-state index in [9.17, 15) is 4.79 Å². The number of carbonyl (C=O) groups is 1. The van der Waals surface area contributed by atoms with Crippen LogP contribution >= 0.6 is 0 Å². The zero-order chi connectivity index (χ0) is 9.26. The Kier molecular flexibility index (Phi) is 1.85. The minimum absolute atomic E-state index is 0.0616. The molecule has 3 heteroatoms. The van der Waals surface area contributed by atoms with Crippen LogP contribution in [0.1, 0.15) is 12.8 Å². The lowest BCUT2D eigenvalue weighted by Gasteiger charge is -1.85. The van der Waals surface area contributed by atoms with Crippen LogP contribution in [0.15, 0.2) is 28.7 Å². The normalized spacial score (nSPS) is 10.5. The maximum atomic E-state index is 10.8. The molecule has 1 aromatic heterocycles. The molecule has 2 rings (SSSR count). The molecule has 0 atom stereocenters. The summed E-state index contributed by atoms with van der Waals surface area (Å²) in [5, 5.41) is 0. The number of ketones is 1. The summed E-state index contributed by atoms with van der Waals surface area (Å²) in [5.41, 5.74) is 1.54. The van der Waals surface area contributed by atoms with Gasteiger partial charge in [-0.15, -0.1) is 0 Å². The lowest BCUT2D eigenvalue weighted by molar-refractivity contribution is -0.116. The molecule has 0 amide bonds. The third-order valence-electron chi connectivity index (χ3n) is 1.74. The van der Waals surface area contributed by atoms with Gasteiger partial charge >= 0.3 is 0 Å². The quantitative estimate of drug-likeness (QED) is 0.700.